The van der Waals surface area contributed by atoms with Crippen molar-refractivity contribution in [3.63, 3.8) is 0 Å². The Hall–Kier alpha value is -3.89. The molecule has 0 bridgehead atoms. The first-order valence-corrected chi connectivity index (χ1v) is 15.0. The minimum atomic E-state index is -0.0343. The number of aromatic hydroxyl groups is 1. The van der Waals surface area contributed by atoms with Crippen molar-refractivity contribution in [2.24, 2.45) is 0 Å². The summed E-state index contributed by atoms with van der Waals surface area (Å²) in [5, 5.41) is 12.9. The topological polar surface area (TPSA) is 94.5 Å². The third kappa shape index (κ3) is 5.87. The molecule has 1 aromatic heterocycles. The summed E-state index contributed by atoms with van der Waals surface area (Å²) in [6.45, 7) is 14.6. The number of benzene rings is 2. The maximum atomic E-state index is 12.2. The van der Waals surface area contributed by atoms with E-state index in [1.54, 1.807) is 0 Å². The summed E-state index contributed by atoms with van der Waals surface area (Å²) in [5.74, 6) is 1.17. The molecule has 2 aromatic carbocycles. The van der Waals surface area contributed by atoms with E-state index < -0.39 is 0 Å². The van der Waals surface area contributed by atoms with Gasteiger partial charge in [-0.2, -0.15) is 9.97 Å². The number of nitrogens with zero attached hydrogens (tertiary/aromatic N) is 6. The first kappa shape index (κ1) is 28.2. The van der Waals surface area contributed by atoms with E-state index in [0.717, 1.165) is 91.3 Å². The van der Waals surface area contributed by atoms with Gasteiger partial charge in [0.25, 0.3) is 0 Å². The quantitative estimate of drug-likeness (QED) is 0.323. The molecular weight excluding hydrogens is 532 g/mol. The number of hydrogen-bond donors (Lipinski definition) is 1. The summed E-state index contributed by atoms with van der Waals surface area (Å²) in [6, 6.07) is 10.4. The number of anilines is 2. The maximum Gasteiger partial charge on any atom is 0.318 e. The van der Waals surface area contributed by atoms with E-state index in [-0.39, 0.29) is 5.91 Å². The molecule has 1 amide bonds. The molecule has 2 saturated heterocycles. The van der Waals surface area contributed by atoms with Crippen LogP contribution >= 0.6 is 0 Å². The Bertz CT molecular complexity index is 1450. The number of morpholine rings is 1. The van der Waals surface area contributed by atoms with Crippen LogP contribution in [-0.4, -0.2) is 103 Å². The molecule has 3 aliphatic heterocycles. The number of amides is 1. The summed E-state index contributed by atoms with van der Waals surface area (Å²) >= 11 is 0. The van der Waals surface area contributed by atoms with E-state index in [0.29, 0.717) is 51.1 Å². The minimum absolute atomic E-state index is 0.0343. The van der Waals surface area contributed by atoms with Crippen molar-refractivity contribution in [3.05, 3.63) is 59.8 Å². The first-order valence-electron chi connectivity index (χ1n) is 15.0. The Morgan fingerprint density at radius 2 is 1.86 bits per heavy atom. The Morgan fingerprint density at radius 1 is 1.07 bits per heavy atom. The fourth-order valence-electron chi connectivity index (χ4n) is 6.27. The van der Waals surface area contributed by atoms with Crippen LogP contribution in [0.2, 0.25) is 0 Å². The summed E-state index contributed by atoms with van der Waals surface area (Å²) < 4.78 is 11.6. The standard InChI is InChI=1S/C32H40N6O4/c1-3-29(40)36-12-14-37(15-13-36)31-26-9-11-38(30-23(2)28(39)21-24-7-4-5-8-25(24)30)22-27(26)33-32(34-31)42-18-6-10-35-16-19-41-20-17-35/h3-5,7-8,21,39H,1,6,9-20,22H2,2H3. The first-order chi connectivity index (χ1) is 20.5. The van der Waals surface area contributed by atoms with Gasteiger partial charge < -0.3 is 29.3 Å². The fraction of sp³-hybridized carbons (Fsp3) is 0.469. The molecule has 4 heterocycles. The molecule has 10 nitrogen and oxygen atoms in total. The van der Waals surface area contributed by atoms with Gasteiger partial charge in [-0.15, -0.1) is 0 Å². The van der Waals surface area contributed by atoms with Crippen LogP contribution in [-0.2, 0) is 22.5 Å². The van der Waals surface area contributed by atoms with E-state index in [2.05, 4.69) is 27.3 Å². The zero-order chi connectivity index (χ0) is 29.1. The lowest BCUT2D eigenvalue weighted by Gasteiger charge is -2.38. The highest BCUT2D eigenvalue weighted by molar-refractivity contribution is 5.97. The molecule has 10 heteroatoms. The number of rotatable bonds is 8. The third-order valence-corrected chi connectivity index (χ3v) is 8.61. The van der Waals surface area contributed by atoms with Crippen LogP contribution in [0.5, 0.6) is 11.8 Å². The molecule has 0 unspecified atom stereocenters. The minimum Gasteiger partial charge on any atom is -0.508 e. The van der Waals surface area contributed by atoms with Crippen LogP contribution < -0.4 is 14.5 Å². The van der Waals surface area contributed by atoms with Gasteiger partial charge in [0.2, 0.25) is 5.91 Å². The Balaban J connectivity index is 1.26. The van der Waals surface area contributed by atoms with Crippen LogP contribution in [0.3, 0.4) is 0 Å². The van der Waals surface area contributed by atoms with Crippen LogP contribution in [0.1, 0.15) is 23.2 Å². The molecule has 1 N–H and O–H groups in total. The van der Waals surface area contributed by atoms with Gasteiger partial charge in [-0.3, -0.25) is 9.69 Å². The molecule has 0 atom stereocenters. The lowest BCUT2D eigenvalue weighted by molar-refractivity contribution is -0.126. The van der Waals surface area contributed by atoms with Crippen LogP contribution in [0.25, 0.3) is 10.8 Å². The maximum absolute atomic E-state index is 12.2. The number of phenolic OH excluding ortho intramolecular Hbond substituents is 1. The highest BCUT2D eigenvalue weighted by Gasteiger charge is 2.29. The Labute approximate surface area is 247 Å². The fourth-order valence-corrected chi connectivity index (χ4v) is 6.27. The van der Waals surface area contributed by atoms with E-state index in [1.807, 2.05) is 36.1 Å². The molecule has 0 radical (unpaired) electrons. The van der Waals surface area contributed by atoms with E-state index in [9.17, 15) is 9.90 Å². The molecular formula is C32H40N6O4. The third-order valence-electron chi connectivity index (χ3n) is 8.61. The number of carbonyl (C=O) groups excluding carboxylic acids is 1. The number of carbonyl (C=O) groups is 1. The van der Waals surface area contributed by atoms with Crippen LogP contribution in [0, 0.1) is 6.92 Å². The summed E-state index contributed by atoms with van der Waals surface area (Å²) in [6.07, 6.45) is 3.04. The van der Waals surface area contributed by atoms with Gasteiger partial charge in [0.1, 0.15) is 11.6 Å². The van der Waals surface area contributed by atoms with Crippen molar-refractivity contribution in [1.82, 2.24) is 19.8 Å². The smallest absolute Gasteiger partial charge is 0.318 e. The number of aromatic nitrogens is 2. The second kappa shape index (κ2) is 12.5. The number of piperazine rings is 1. The van der Waals surface area contributed by atoms with Crippen molar-refractivity contribution < 1.29 is 19.4 Å². The number of phenols is 1. The predicted molar refractivity (Wildman–Crippen MR) is 163 cm³/mol. The van der Waals surface area contributed by atoms with E-state index >= 15 is 0 Å². The number of hydrogen-bond acceptors (Lipinski definition) is 9. The highest BCUT2D eigenvalue weighted by atomic mass is 16.5. The molecule has 3 aromatic rings. The summed E-state index contributed by atoms with van der Waals surface area (Å²) in [7, 11) is 0. The van der Waals surface area contributed by atoms with E-state index in [4.69, 9.17) is 19.4 Å². The van der Waals surface area contributed by atoms with Crippen molar-refractivity contribution in [1.29, 1.82) is 0 Å². The predicted octanol–water partition coefficient (Wildman–Crippen LogP) is 3.14. The zero-order valence-electron chi connectivity index (χ0n) is 24.4. The summed E-state index contributed by atoms with van der Waals surface area (Å²) in [4.78, 5) is 30.9. The van der Waals surface area contributed by atoms with Crippen LogP contribution in [0.15, 0.2) is 43.0 Å². The average Bonchev–Trinajstić information content (AvgIpc) is 3.03. The zero-order valence-corrected chi connectivity index (χ0v) is 24.4. The Morgan fingerprint density at radius 3 is 2.64 bits per heavy atom. The lowest BCUT2D eigenvalue weighted by atomic mass is 9.99. The van der Waals surface area contributed by atoms with Crippen molar-refractivity contribution >= 4 is 28.2 Å². The molecule has 0 spiro atoms. The lowest BCUT2D eigenvalue weighted by Crippen LogP contribution is -2.49. The van der Waals surface area contributed by atoms with Gasteiger partial charge in [0.05, 0.1) is 37.7 Å². The van der Waals surface area contributed by atoms with Gasteiger partial charge in [-0.05, 0) is 37.3 Å². The van der Waals surface area contributed by atoms with E-state index in [1.165, 1.54) is 6.08 Å². The van der Waals surface area contributed by atoms with Crippen molar-refractivity contribution in [2.45, 2.75) is 26.3 Å². The molecule has 6 rings (SSSR count). The van der Waals surface area contributed by atoms with Gasteiger partial charge in [0, 0.05) is 68.9 Å². The Kier molecular flexibility index (Phi) is 8.43. The van der Waals surface area contributed by atoms with Crippen LogP contribution in [0.4, 0.5) is 11.5 Å². The highest BCUT2D eigenvalue weighted by Crippen LogP contribution is 2.39. The van der Waals surface area contributed by atoms with Gasteiger partial charge >= 0.3 is 6.01 Å². The number of fused-ring (bicyclic) bond motifs is 2. The largest absolute Gasteiger partial charge is 0.508 e. The van der Waals surface area contributed by atoms with Gasteiger partial charge in [-0.1, -0.05) is 30.8 Å². The molecule has 0 aliphatic carbocycles. The number of ether oxygens (including phenoxy) is 2. The average molecular weight is 573 g/mol. The molecule has 2 fully saturated rings. The molecule has 222 valence electrons. The SMILES string of the molecule is C=CC(=O)N1CCN(c2nc(OCCCN3CCOCC3)nc3c2CCN(c2c(C)c(O)cc4ccccc24)C3)CC1. The monoisotopic (exact) mass is 572 g/mol. The molecule has 3 aliphatic rings. The van der Waals surface area contributed by atoms with Gasteiger partial charge in [0.15, 0.2) is 0 Å². The molecule has 42 heavy (non-hydrogen) atoms. The second-order valence-electron chi connectivity index (χ2n) is 11.2. The van der Waals surface area contributed by atoms with Gasteiger partial charge in [-0.25, -0.2) is 0 Å². The second-order valence-corrected chi connectivity index (χ2v) is 11.2. The van der Waals surface area contributed by atoms with Crippen molar-refractivity contribution in [3.8, 4) is 11.8 Å². The van der Waals surface area contributed by atoms with Crippen molar-refractivity contribution in [2.75, 3.05) is 82.0 Å². The normalized spacial score (nSPS) is 17.8. The summed E-state index contributed by atoms with van der Waals surface area (Å²) in [5.41, 5.74) is 4.00. The molecule has 0 saturated carbocycles.